The zero-order chi connectivity index (χ0) is 15.4. The average Bonchev–Trinajstić information content (AvgIpc) is 2.49. The van der Waals surface area contributed by atoms with Crippen LogP contribution in [0, 0.1) is 20.2 Å². The number of rotatable bonds is 4. The van der Waals surface area contributed by atoms with E-state index in [4.69, 9.17) is 11.6 Å². The highest BCUT2D eigenvalue weighted by molar-refractivity contribution is 6.29. The number of nitro benzene ring substituents is 2. The van der Waals surface area contributed by atoms with Crippen molar-refractivity contribution in [2.24, 2.45) is 0 Å². The maximum absolute atomic E-state index is 10.6. The molecular weight excluding hydrogens is 296 g/mol. The van der Waals surface area contributed by atoms with Crippen molar-refractivity contribution in [3.8, 4) is 0 Å². The maximum Gasteiger partial charge on any atom is 0.269 e. The Morgan fingerprint density at radius 3 is 1.38 bits per heavy atom. The van der Waals surface area contributed by atoms with Crippen LogP contribution in [-0.4, -0.2) is 9.85 Å². The molecule has 0 spiro atoms. The van der Waals surface area contributed by atoms with E-state index in [1.807, 2.05) is 0 Å². The first-order chi connectivity index (χ1) is 10.0. The van der Waals surface area contributed by atoms with Crippen molar-refractivity contribution in [1.29, 1.82) is 0 Å². The summed E-state index contributed by atoms with van der Waals surface area (Å²) in [7, 11) is 0. The number of non-ortho nitro benzene ring substituents is 2. The van der Waals surface area contributed by atoms with Crippen LogP contribution in [0.4, 0.5) is 11.4 Å². The second-order valence-electron chi connectivity index (χ2n) is 4.13. The van der Waals surface area contributed by atoms with Crippen LogP contribution in [0.2, 0.25) is 0 Å². The fourth-order valence-corrected chi connectivity index (χ4v) is 2.07. The number of halogens is 1. The number of nitro groups is 2. The second-order valence-corrected chi connectivity index (χ2v) is 4.35. The van der Waals surface area contributed by atoms with Gasteiger partial charge in [0.05, 0.1) is 9.85 Å². The lowest BCUT2D eigenvalue weighted by Gasteiger charge is -2.06. The summed E-state index contributed by atoms with van der Waals surface area (Å²) in [6.45, 7) is 0. The first kappa shape index (κ1) is 14.7. The monoisotopic (exact) mass is 304 g/mol. The van der Waals surface area contributed by atoms with Crippen molar-refractivity contribution in [1.82, 2.24) is 0 Å². The first-order valence-corrected chi connectivity index (χ1v) is 6.26. The largest absolute Gasteiger partial charge is 0.269 e. The van der Waals surface area contributed by atoms with Crippen LogP contribution in [0.5, 0.6) is 0 Å². The van der Waals surface area contributed by atoms with Crippen molar-refractivity contribution in [2.75, 3.05) is 0 Å². The van der Waals surface area contributed by atoms with Crippen LogP contribution in [0.15, 0.2) is 54.1 Å². The number of benzene rings is 2. The van der Waals surface area contributed by atoms with Gasteiger partial charge in [0, 0.05) is 35.4 Å². The fourth-order valence-electron chi connectivity index (χ4n) is 1.82. The molecule has 2 rings (SSSR count). The maximum atomic E-state index is 10.6. The molecule has 0 N–H and O–H groups in total. The standard InChI is InChI=1S/C14H9ClN2O4/c15-9-14(10-1-5-12(6-2-10)16(18)19)11-3-7-13(8-4-11)17(20)21/h1-9H. The predicted octanol–water partition coefficient (Wildman–Crippen LogP) is 4.13. The van der Waals surface area contributed by atoms with Gasteiger partial charge in [0.15, 0.2) is 0 Å². The van der Waals surface area contributed by atoms with Crippen molar-refractivity contribution >= 4 is 28.5 Å². The normalized spacial score (nSPS) is 9.95. The van der Waals surface area contributed by atoms with Crippen molar-refractivity contribution < 1.29 is 9.85 Å². The van der Waals surface area contributed by atoms with Gasteiger partial charge in [-0.1, -0.05) is 11.6 Å². The highest BCUT2D eigenvalue weighted by Crippen LogP contribution is 2.27. The first-order valence-electron chi connectivity index (χ1n) is 5.83. The average molecular weight is 305 g/mol. The Kier molecular flexibility index (Phi) is 4.30. The Bertz CT molecular complexity index is 649. The van der Waals surface area contributed by atoms with E-state index in [9.17, 15) is 20.2 Å². The van der Waals surface area contributed by atoms with Crippen molar-refractivity contribution in [2.45, 2.75) is 0 Å². The van der Waals surface area contributed by atoms with E-state index >= 15 is 0 Å². The number of hydrogen-bond acceptors (Lipinski definition) is 4. The smallest absolute Gasteiger partial charge is 0.258 e. The summed E-state index contributed by atoms with van der Waals surface area (Å²) < 4.78 is 0. The number of hydrogen-bond donors (Lipinski definition) is 0. The third-order valence-electron chi connectivity index (χ3n) is 2.89. The summed E-state index contributed by atoms with van der Waals surface area (Å²) in [5.41, 5.74) is 3.30. The molecule has 0 heterocycles. The molecule has 0 bridgehead atoms. The topological polar surface area (TPSA) is 86.3 Å². The summed E-state index contributed by atoms with van der Waals surface area (Å²) in [6, 6.07) is 11.8. The molecule has 0 aliphatic carbocycles. The van der Waals surface area contributed by atoms with Gasteiger partial charge in [-0.15, -0.1) is 0 Å². The molecular formula is C14H9ClN2O4. The summed E-state index contributed by atoms with van der Waals surface area (Å²) in [5.74, 6) is 0. The molecule has 2 aromatic carbocycles. The molecule has 0 aliphatic rings. The molecule has 0 saturated carbocycles. The molecule has 2 aromatic rings. The zero-order valence-corrected chi connectivity index (χ0v) is 11.4. The van der Waals surface area contributed by atoms with E-state index in [-0.39, 0.29) is 11.4 Å². The number of nitrogens with zero attached hydrogens (tertiary/aromatic N) is 2. The lowest BCUT2D eigenvalue weighted by atomic mass is 9.99. The Hall–Kier alpha value is -2.73. The summed E-state index contributed by atoms with van der Waals surface area (Å²) in [4.78, 5) is 20.3. The molecule has 0 aromatic heterocycles. The van der Waals surface area contributed by atoms with Crippen LogP contribution < -0.4 is 0 Å². The van der Waals surface area contributed by atoms with Gasteiger partial charge in [0.25, 0.3) is 11.4 Å². The molecule has 106 valence electrons. The minimum Gasteiger partial charge on any atom is -0.258 e. The van der Waals surface area contributed by atoms with Gasteiger partial charge in [-0.2, -0.15) is 0 Å². The van der Waals surface area contributed by atoms with E-state index in [0.717, 1.165) is 0 Å². The van der Waals surface area contributed by atoms with Crippen LogP contribution in [0.3, 0.4) is 0 Å². The molecule has 0 saturated heterocycles. The molecule has 6 nitrogen and oxygen atoms in total. The minimum absolute atomic E-state index is 0.0172. The molecule has 0 atom stereocenters. The van der Waals surface area contributed by atoms with Crippen LogP contribution in [-0.2, 0) is 0 Å². The lowest BCUT2D eigenvalue weighted by Crippen LogP contribution is -1.92. The lowest BCUT2D eigenvalue weighted by molar-refractivity contribution is -0.385. The van der Waals surface area contributed by atoms with E-state index in [1.54, 1.807) is 24.3 Å². The molecule has 0 unspecified atom stereocenters. The SMILES string of the molecule is O=[N+]([O-])c1ccc(C(=CCl)c2ccc([N+](=O)[O-])cc2)cc1. The zero-order valence-electron chi connectivity index (χ0n) is 10.6. The highest BCUT2D eigenvalue weighted by atomic mass is 35.5. The van der Waals surface area contributed by atoms with E-state index in [1.165, 1.54) is 29.8 Å². The molecule has 0 aliphatic heterocycles. The van der Waals surface area contributed by atoms with E-state index in [0.29, 0.717) is 16.7 Å². The summed E-state index contributed by atoms with van der Waals surface area (Å²) in [5, 5.41) is 21.2. The van der Waals surface area contributed by atoms with E-state index < -0.39 is 9.85 Å². The second kappa shape index (κ2) is 6.15. The third-order valence-corrected chi connectivity index (χ3v) is 3.11. The quantitative estimate of drug-likeness (QED) is 0.627. The molecule has 0 radical (unpaired) electrons. The Morgan fingerprint density at radius 2 is 1.14 bits per heavy atom. The molecule has 0 amide bonds. The fraction of sp³-hybridized carbons (Fsp3) is 0. The van der Waals surface area contributed by atoms with Gasteiger partial charge >= 0.3 is 0 Å². The van der Waals surface area contributed by atoms with Gasteiger partial charge in [0.1, 0.15) is 0 Å². The van der Waals surface area contributed by atoms with Gasteiger partial charge in [0.2, 0.25) is 0 Å². The van der Waals surface area contributed by atoms with Gasteiger partial charge in [-0.3, -0.25) is 20.2 Å². The predicted molar refractivity (Wildman–Crippen MR) is 79.1 cm³/mol. The Morgan fingerprint density at radius 1 is 0.810 bits per heavy atom. The van der Waals surface area contributed by atoms with Gasteiger partial charge < -0.3 is 0 Å². The van der Waals surface area contributed by atoms with Crippen LogP contribution in [0.25, 0.3) is 5.57 Å². The van der Waals surface area contributed by atoms with Gasteiger partial charge in [-0.25, -0.2) is 0 Å². The highest BCUT2D eigenvalue weighted by Gasteiger charge is 2.10. The minimum atomic E-state index is -0.486. The van der Waals surface area contributed by atoms with Gasteiger partial charge in [-0.05, 0) is 35.4 Å². The van der Waals surface area contributed by atoms with Crippen LogP contribution >= 0.6 is 11.6 Å². The molecule has 21 heavy (non-hydrogen) atoms. The van der Waals surface area contributed by atoms with E-state index in [2.05, 4.69) is 0 Å². The molecule has 7 heteroatoms. The summed E-state index contributed by atoms with van der Waals surface area (Å²) in [6.07, 6.45) is 0. The molecule has 0 fully saturated rings. The van der Waals surface area contributed by atoms with Crippen molar-refractivity contribution in [3.63, 3.8) is 0 Å². The summed E-state index contributed by atoms with van der Waals surface area (Å²) >= 11 is 5.81. The van der Waals surface area contributed by atoms with Crippen LogP contribution in [0.1, 0.15) is 11.1 Å². The third kappa shape index (κ3) is 3.24. The Labute approximate surface area is 124 Å². The Balaban J connectivity index is 2.35. The van der Waals surface area contributed by atoms with Crippen molar-refractivity contribution in [3.05, 3.63) is 85.4 Å².